The third-order valence-electron chi connectivity index (χ3n) is 5.47. The summed E-state index contributed by atoms with van der Waals surface area (Å²) in [6, 6.07) is 0.731. The summed E-state index contributed by atoms with van der Waals surface area (Å²) in [5.41, 5.74) is 5.95. The Balaban J connectivity index is 0.00000242. The molecule has 0 heterocycles. The topological polar surface area (TPSA) is 55.1 Å². The van der Waals surface area contributed by atoms with Gasteiger partial charge in [0.25, 0.3) is 0 Å². The van der Waals surface area contributed by atoms with E-state index in [0.717, 1.165) is 50.9 Å². The van der Waals surface area contributed by atoms with Crippen molar-refractivity contribution >= 4 is 18.3 Å². The molecule has 4 heteroatoms. The van der Waals surface area contributed by atoms with Gasteiger partial charge in [-0.05, 0) is 44.4 Å². The van der Waals surface area contributed by atoms with Gasteiger partial charge in [0.05, 0.1) is 0 Å². The predicted octanol–water partition coefficient (Wildman–Crippen LogP) is 4.18. The minimum absolute atomic E-state index is 0. The summed E-state index contributed by atoms with van der Waals surface area (Å²) in [5, 5.41) is 3.32. The van der Waals surface area contributed by atoms with E-state index in [1.54, 1.807) is 0 Å². The quantitative estimate of drug-likeness (QED) is 0.767. The fourth-order valence-electron chi connectivity index (χ4n) is 4.11. The van der Waals surface area contributed by atoms with Crippen LogP contribution in [-0.4, -0.2) is 18.0 Å². The highest BCUT2D eigenvalue weighted by molar-refractivity contribution is 5.85. The van der Waals surface area contributed by atoms with Gasteiger partial charge in [0.15, 0.2) is 0 Å². The van der Waals surface area contributed by atoms with Crippen LogP contribution in [0.2, 0.25) is 0 Å². The van der Waals surface area contributed by atoms with E-state index in [4.69, 9.17) is 5.73 Å². The Labute approximate surface area is 142 Å². The van der Waals surface area contributed by atoms with Gasteiger partial charge < -0.3 is 11.1 Å². The monoisotopic (exact) mass is 330 g/mol. The van der Waals surface area contributed by atoms with Crippen LogP contribution in [0.25, 0.3) is 0 Å². The van der Waals surface area contributed by atoms with E-state index in [-0.39, 0.29) is 18.3 Å². The Morgan fingerprint density at radius 3 is 2.32 bits per heavy atom. The molecule has 0 aromatic carbocycles. The van der Waals surface area contributed by atoms with Gasteiger partial charge in [0.1, 0.15) is 0 Å². The van der Waals surface area contributed by atoms with Crippen molar-refractivity contribution in [3.8, 4) is 0 Å². The number of carbonyl (C=O) groups excluding carboxylic acids is 1. The smallest absolute Gasteiger partial charge is 0.223 e. The van der Waals surface area contributed by atoms with E-state index < -0.39 is 0 Å². The van der Waals surface area contributed by atoms with Crippen molar-refractivity contribution in [2.45, 2.75) is 96.1 Å². The van der Waals surface area contributed by atoms with Gasteiger partial charge in [0.2, 0.25) is 5.91 Å². The summed E-state index contributed by atoms with van der Waals surface area (Å²) >= 11 is 0. The fraction of sp³-hybridized carbons (Fsp3) is 0.944. The number of nitrogens with two attached hydrogens (primary N) is 1. The first-order chi connectivity index (χ1) is 10.2. The first-order valence-electron chi connectivity index (χ1n) is 9.25. The Morgan fingerprint density at radius 1 is 1.09 bits per heavy atom. The lowest BCUT2D eigenvalue weighted by Gasteiger charge is -2.30. The van der Waals surface area contributed by atoms with Crippen LogP contribution in [0.3, 0.4) is 0 Å². The highest BCUT2D eigenvalue weighted by atomic mass is 35.5. The van der Waals surface area contributed by atoms with Crippen molar-refractivity contribution in [2.75, 3.05) is 0 Å². The summed E-state index contributed by atoms with van der Waals surface area (Å²) in [4.78, 5) is 12.6. The van der Waals surface area contributed by atoms with Crippen molar-refractivity contribution in [1.82, 2.24) is 5.32 Å². The van der Waals surface area contributed by atoms with Crippen LogP contribution in [0.15, 0.2) is 0 Å². The average Bonchev–Trinajstić information content (AvgIpc) is 2.50. The van der Waals surface area contributed by atoms with Gasteiger partial charge >= 0.3 is 0 Å². The zero-order chi connectivity index (χ0) is 15.1. The van der Waals surface area contributed by atoms with Crippen molar-refractivity contribution in [1.29, 1.82) is 0 Å². The van der Waals surface area contributed by atoms with Gasteiger partial charge in [-0.25, -0.2) is 0 Å². The van der Waals surface area contributed by atoms with Crippen molar-refractivity contribution in [2.24, 2.45) is 17.6 Å². The van der Waals surface area contributed by atoms with Gasteiger partial charge in [-0.1, -0.05) is 45.4 Å². The van der Waals surface area contributed by atoms with Gasteiger partial charge in [-0.2, -0.15) is 0 Å². The lowest BCUT2D eigenvalue weighted by Crippen LogP contribution is -2.43. The molecule has 2 rings (SSSR count). The summed E-state index contributed by atoms with van der Waals surface area (Å²) in [7, 11) is 0. The van der Waals surface area contributed by atoms with Gasteiger partial charge in [-0.3, -0.25) is 4.79 Å². The minimum Gasteiger partial charge on any atom is -0.353 e. The summed E-state index contributed by atoms with van der Waals surface area (Å²) in [6.07, 6.45) is 14.3. The fourth-order valence-corrected chi connectivity index (χ4v) is 4.11. The SMILES string of the molecule is CCCC(CC1CCCCC1)C(=O)NC1CCC(N)CC1.Cl. The molecule has 3 N–H and O–H groups in total. The highest BCUT2D eigenvalue weighted by Gasteiger charge is 2.26. The molecule has 0 radical (unpaired) electrons. The number of carbonyl (C=O) groups is 1. The number of hydrogen-bond donors (Lipinski definition) is 2. The van der Waals surface area contributed by atoms with Gasteiger partial charge in [0, 0.05) is 18.0 Å². The Bertz CT molecular complexity index is 310. The molecule has 2 aliphatic carbocycles. The molecule has 2 aliphatic rings. The highest BCUT2D eigenvalue weighted by Crippen LogP contribution is 2.31. The molecule has 0 spiro atoms. The molecule has 1 unspecified atom stereocenters. The normalized spacial score (nSPS) is 27.7. The first-order valence-corrected chi connectivity index (χ1v) is 9.25. The maximum atomic E-state index is 12.6. The molecule has 3 nitrogen and oxygen atoms in total. The van der Waals surface area contributed by atoms with E-state index in [0.29, 0.717) is 18.0 Å². The Kier molecular flexibility index (Phi) is 9.42. The molecular formula is C18H35ClN2O. The molecule has 1 amide bonds. The summed E-state index contributed by atoms with van der Waals surface area (Å²) in [6.45, 7) is 2.20. The second-order valence-corrected chi connectivity index (χ2v) is 7.35. The molecular weight excluding hydrogens is 296 g/mol. The standard InChI is InChI=1S/C18H34N2O.ClH/c1-2-6-15(13-14-7-4-3-5-8-14)18(21)20-17-11-9-16(19)10-12-17;/h14-17H,2-13,19H2,1H3,(H,20,21);1H. The third-order valence-corrected chi connectivity index (χ3v) is 5.47. The van der Waals surface area contributed by atoms with E-state index in [1.807, 2.05) is 0 Å². The predicted molar refractivity (Wildman–Crippen MR) is 95.2 cm³/mol. The van der Waals surface area contributed by atoms with E-state index >= 15 is 0 Å². The third kappa shape index (κ3) is 6.45. The second kappa shape index (κ2) is 10.5. The molecule has 130 valence electrons. The lowest BCUT2D eigenvalue weighted by molar-refractivity contribution is -0.126. The van der Waals surface area contributed by atoms with Crippen LogP contribution in [0, 0.1) is 11.8 Å². The number of hydrogen-bond acceptors (Lipinski definition) is 2. The van der Waals surface area contributed by atoms with Gasteiger partial charge in [-0.15, -0.1) is 12.4 Å². The maximum Gasteiger partial charge on any atom is 0.223 e. The van der Waals surface area contributed by atoms with Crippen LogP contribution >= 0.6 is 12.4 Å². The molecule has 2 fully saturated rings. The number of halogens is 1. The second-order valence-electron chi connectivity index (χ2n) is 7.35. The molecule has 2 saturated carbocycles. The number of rotatable bonds is 6. The van der Waals surface area contributed by atoms with Crippen LogP contribution in [0.5, 0.6) is 0 Å². The zero-order valence-corrected chi connectivity index (χ0v) is 15.0. The number of nitrogens with one attached hydrogen (secondary N) is 1. The van der Waals surface area contributed by atoms with Crippen LogP contribution in [0.4, 0.5) is 0 Å². The maximum absolute atomic E-state index is 12.6. The van der Waals surface area contributed by atoms with E-state index in [2.05, 4.69) is 12.2 Å². The average molecular weight is 331 g/mol. The zero-order valence-electron chi connectivity index (χ0n) is 14.2. The molecule has 22 heavy (non-hydrogen) atoms. The van der Waals surface area contributed by atoms with Crippen molar-refractivity contribution in [3.63, 3.8) is 0 Å². The molecule has 0 aromatic rings. The van der Waals surface area contributed by atoms with Crippen LogP contribution in [0.1, 0.15) is 84.0 Å². The largest absolute Gasteiger partial charge is 0.353 e. The number of amides is 1. The molecule has 0 bridgehead atoms. The molecule has 0 saturated heterocycles. The van der Waals surface area contributed by atoms with Crippen LogP contribution < -0.4 is 11.1 Å². The van der Waals surface area contributed by atoms with Crippen molar-refractivity contribution in [3.05, 3.63) is 0 Å². The Hall–Kier alpha value is -0.280. The summed E-state index contributed by atoms with van der Waals surface area (Å²) < 4.78 is 0. The van der Waals surface area contributed by atoms with E-state index in [1.165, 1.54) is 32.1 Å². The first kappa shape index (κ1) is 19.8. The Morgan fingerprint density at radius 2 is 1.73 bits per heavy atom. The van der Waals surface area contributed by atoms with E-state index in [9.17, 15) is 4.79 Å². The molecule has 0 aromatic heterocycles. The van der Waals surface area contributed by atoms with Crippen LogP contribution in [-0.2, 0) is 4.79 Å². The minimum atomic E-state index is 0. The van der Waals surface area contributed by atoms with Crippen molar-refractivity contribution < 1.29 is 4.79 Å². The molecule has 0 aliphatic heterocycles. The summed E-state index contributed by atoms with van der Waals surface area (Å²) in [5.74, 6) is 1.36. The lowest BCUT2D eigenvalue weighted by atomic mass is 9.81. The molecule has 1 atom stereocenters.